The van der Waals surface area contributed by atoms with Crippen molar-refractivity contribution in [2.45, 2.75) is 71.0 Å². The number of anilines is 1. The minimum absolute atomic E-state index is 0.155. The predicted molar refractivity (Wildman–Crippen MR) is 128 cm³/mol. The second kappa shape index (κ2) is 8.64. The molecule has 2 aromatic rings. The Labute approximate surface area is 191 Å². The fraction of sp³-hybridized carbons (Fsp3) is 0.615. The third-order valence-electron chi connectivity index (χ3n) is 7.45. The molecule has 0 bridgehead atoms. The van der Waals surface area contributed by atoms with Gasteiger partial charge in [-0.15, -0.1) is 0 Å². The number of hydrogen-bond donors (Lipinski definition) is 3. The molecule has 0 unspecified atom stereocenters. The third kappa shape index (κ3) is 4.76. The molecule has 0 spiro atoms. The Bertz CT molecular complexity index is 1000. The van der Waals surface area contributed by atoms with Crippen molar-refractivity contribution >= 4 is 22.6 Å². The minimum atomic E-state index is -0.815. The zero-order chi connectivity index (χ0) is 23.1. The van der Waals surface area contributed by atoms with E-state index in [1.807, 2.05) is 45.0 Å². The van der Waals surface area contributed by atoms with Gasteiger partial charge in [-0.1, -0.05) is 25.8 Å². The average molecular weight is 440 g/mol. The summed E-state index contributed by atoms with van der Waals surface area (Å²) < 4.78 is 0. The van der Waals surface area contributed by atoms with E-state index in [1.54, 1.807) is 0 Å². The van der Waals surface area contributed by atoms with Crippen LogP contribution in [0.3, 0.4) is 0 Å². The first kappa shape index (κ1) is 23.0. The van der Waals surface area contributed by atoms with Crippen molar-refractivity contribution in [2.75, 3.05) is 24.5 Å². The Kier molecular flexibility index (Phi) is 6.21. The summed E-state index contributed by atoms with van der Waals surface area (Å²) in [5.41, 5.74) is 0.801. The Balaban J connectivity index is 1.53. The SMILES string of the molecule is Cc1ccc2nc(N3CC[C@H](C(C)(C)O)C3)ccc2c1C(=O)NC[C@@]1(O)CCC[C@@H](C)C1. The van der Waals surface area contributed by atoms with Crippen LogP contribution in [0.5, 0.6) is 0 Å². The molecule has 1 aliphatic carbocycles. The van der Waals surface area contributed by atoms with Crippen molar-refractivity contribution in [1.29, 1.82) is 0 Å². The maximum atomic E-state index is 13.2. The molecule has 6 nitrogen and oxygen atoms in total. The molecule has 2 fully saturated rings. The van der Waals surface area contributed by atoms with Crippen molar-refractivity contribution in [2.24, 2.45) is 11.8 Å². The van der Waals surface area contributed by atoms with Gasteiger partial charge in [0.2, 0.25) is 0 Å². The third-order valence-corrected chi connectivity index (χ3v) is 7.45. The van der Waals surface area contributed by atoms with Gasteiger partial charge < -0.3 is 20.4 Å². The summed E-state index contributed by atoms with van der Waals surface area (Å²) in [4.78, 5) is 20.2. The number of fused-ring (bicyclic) bond motifs is 1. The summed E-state index contributed by atoms with van der Waals surface area (Å²) in [7, 11) is 0. The normalized spacial score (nSPS) is 26.5. The maximum absolute atomic E-state index is 13.2. The number of carbonyl (C=O) groups excluding carboxylic acids is 1. The number of pyridine rings is 1. The van der Waals surface area contributed by atoms with Crippen LogP contribution in [-0.4, -0.2) is 51.9 Å². The Morgan fingerprint density at radius 1 is 1.28 bits per heavy atom. The van der Waals surface area contributed by atoms with E-state index < -0.39 is 11.2 Å². The Hall–Kier alpha value is -2.18. The number of aromatic nitrogens is 1. The van der Waals surface area contributed by atoms with Crippen LogP contribution in [0.1, 0.15) is 68.8 Å². The highest BCUT2D eigenvalue weighted by atomic mass is 16.3. The van der Waals surface area contributed by atoms with Crippen molar-refractivity contribution in [1.82, 2.24) is 10.3 Å². The summed E-state index contributed by atoms with van der Waals surface area (Å²) in [5, 5.41) is 25.1. The van der Waals surface area contributed by atoms with Crippen LogP contribution in [-0.2, 0) is 0 Å². The summed E-state index contributed by atoms with van der Waals surface area (Å²) >= 11 is 0. The lowest BCUT2D eigenvalue weighted by molar-refractivity contribution is -0.0109. The monoisotopic (exact) mass is 439 g/mol. The quantitative estimate of drug-likeness (QED) is 0.660. The minimum Gasteiger partial charge on any atom is -0.390 e. The van der Waals surface area contributed by atoms with E-state index in [4.69, 9.17) is 4.98 Å². The molecule has 1 aliphatic heterocycles. The number of amides is 1. The molecule has 1 aromatic heterocycles. The van der Waals surface area contributed by atoms with Crippen LogP contribution in [0.25, 0.3) is 10.9 Å². The van der Waals surface area contributed by atoms with Gasteiger partial charge in [-0.25, -0.2) is 4.98 Å². The van der Waals surface area contributed by atoms with Crippen molar-refractivity contribution < 1.29 is 15.0 Å². The fourth-order valence-corrected chi connectivity index (χ4v) is 5.45. The highest BCUT2D eigenvalue weighted by Crippen LogP contribution is 2.33. The van der Waals surface area contributed by atoms with E-state index in [2.05, 4.69) is 17.1 Å². The molecule has 1 saturated heterocycles. The topological polar surface area (TPSA) is 85.7 Å². The summed E-state index contributed by atoms with van der Waals surface area (Å²) in [6.45, 7) is 9.76. The van der Waals surface area contributed by atoms with Crippen molar-refractivity contribution in [3.63, 3.8) is 0 Å². The molecular weight excluding hydrogens is 402 g/mol. The van der Waals surface area contributed by atoms with Crippen LogP contribution >= 0.6 is 0 Å². The van der Waals surface area contributed by atoms with E-state index in [0.717, 1.165) is 67.5 Å². The first-order chi connectivity index (χ1) is 15.1. The van der Waals surface area contributed by atoms with Gasteiger partial charge in [-0.2, -0.15) is 0 Å². The van der Waals surface area contributed by atoms with Crippen LogP contribution in [0.4, 0.5) is 5.82 Å². The molecule has 2 heterocycles. The Morgan fingerprint density at radius 3 is 2.75 bits per heavy atom. The van der Waals surface area contributed by atoms with Gasteiger partial charge in [0, 0.05) is 30.9 Å². The van der Waals surface area contributed by atoms with E-state index in [-0.39, 0.29) is 18.4 Å². The van der Waals surface area contributed by atoms with E-state index in [0.29, 0.717) is 11.5 Å². The molecule has 3 N–H and O–H groups in total. The molecule has 1 amide bonds. The number of aryl methyl sites for hydroxylation is 1. The number of aliphatic hydroxyl groups is 2. The van der Waals surface area contributed by atoms with Gasteiger partial charge in [0.15, 0.2) is 0 Å². The molecule has 3 atom stereocenters. The lowest BCUT2D eigenvalue weighted by Crippen LogP contribution is -2.45. The molecule has 0 radical (unpaired) electrons. The highest BCUT2D eigenvalue weighted by Gasteiger charge is 2.35. The molecule has 4 rings (SSSR count). The predicted octanol–water partition coefficient (Wildman–Crippen LogP) is 3.81. The molecule has 1 saturated carbocycles. The summed E-state index contributed by atoms with van der Waals surface area (Å²) in [6.07, 6.45) is 4.54. The van der Waals surface area contributed by atoms with Gasteiger partial charge in [0.1, 0.15) is 5.82 Å². The molecule has 2 aliphatic rings. The Morgan fingerprint density at radius 2 is 2.06 bits per heavy atom. The van der Waals surface area contributed by atoms with Crippen LogP contribution in [0.2, 0.25) is 0 Å². The largest absolute Gasteiger partial charge is 0.390 e. The number of hydrogen-bond acceptors (Lipinski definition) is 5. The summed E-state index contributed by atoms with van der Waals surface area (Å²) in [5.74, 6) is 1.42. The van der Waals surface area contributed by atoms with Gasteiger partial charge in [0.05, 0.1) is 22.3 Å². The second-order valence-corrected chi connectivity index (χ2v) is 10.7. The van der Waals surface area contributed by atoms with Crippen LogP contribution in [0, 0.1) is 18.8 Å². The first-order valence-electron chi connectivity index (χ1n) is 11.9. The van der Waals surface area contributed by atoms with Crippen molar-refractivity contribution in [3.8, 4) is 0 Å². The first-order valence-corrected chi connectivity index (χ1v) is 11.9. The van der Waals surface area contributed by atoms with E-state index >= 15 is 0 Å². The lowest BCUT2D eigenvalue weighted by atomic mass is 9.79. The zero-order valence-corrected chi connectivity index (χ0v) is 19.8. The fourth-order valence-electron chi connectivity index (χ4n) is 5.45. The molecule has 6 heteroatoms. The van der Waals surface area contributed by atoms with Gasteiger partial charge >= 0.3 is 0 Å². The highest BCUT2D eigenvalue weighted by molar-refractivity contribution is 6.07. The number of carbonyl (C=O) groups is 1. The van der Waals surface area contributed by atoms with Crippen molar-refractivity contribution in [3.05, 3.63) is 35.4 Å². The number of nitrogens with zero attached hydrogens (tertiary/aromatic N) is 2. The molecule has 1 aromatic carbocycles. The molecule has 32 heavy (non-hydrogen) atoms. The van der Waals surface area contributed by atoms with Crippen LogP contribution in [0.15, 0.2) is 24.3 Å². The summed E-state index contributed by atoms with van der Waals surface area (Å²) in [6, 6.07) is 7.86. The zero-order valence-electron chi connectivity index (χ0n) is 19.8. The van der Waals surface area contributed by atoms with E-state index in [9.17, 15) is 15.0 Å². The second-order valence-electron chi connectivity index (χ2n) is 10.7. The van der Waals surface area contributed by atoms with Gasteiger partial charge in [0.25, 0.3) is 5.91 Å². The van der Waals surface area contributed by atoms with Gasteiger partial charge in [-0.3, -0.25) is 4.79 Å². The smallest absolute Gasteiger partial charge is 0.252 e. The maximum Gasteiger partial charge on any atom is 0.252 e. The van der Waals surface area contributed by atoms with E-state index in [1.165, 1.54) is 0 Å². The van der Waals surface area contributed by atoms with Crippen LogP contribution < -0.4 is 10.2 Å². The molecule has 174 valence electrons. The number of nitrogens with one attached hydrogen (secondary N) is 1. The number of benzene rings is 1. The lowest BCUT2D eigenvalue weighted by Gasteiger charge is -2.35. The average Bonchev–Trinajstić information content (AvgIpc) is 3.22. The van der Waals surface area contributed by atoms with Gasteiger partial charge in [-0.05, 0) is 69.7 Å². The number of rotatable bonds is 5. The standard InChI is InChI=1S/C26H37N3O3/c1-17-6-5-12-26(32,14-17)16-27-24(30)23-18(2)7-9-21-20(23)8-10-22(28-21)29-13-11-19(15-29)25(3,4)31/h7-10,17,19,31-32H,5-6,11-16H2,1-4H3,(H,27,30)/t17-,19+,26-/m1/s1. The molecular formula is C26H37N3O3.